The lowest BCUT2D eigenvalue weighted by Gasteiger charge is -2.04. The van der Waals surface area contributed by atoms with E-state index in [0.29, 0.717) is 0 Å². The first kappa shape index (κ1) is 11.6. The van der Waals surface area contributed by atoms with Gasteiger partial charge in [-0.1, -0.05) is 17.9 Å². The third-order valence-electron chi connectivity index (χ3n) is 2.52. The van der Waals surface area contributed by atoms with E-state index in [1.807, 2.05) is 24.4 Å². The maximum absolute atomic E-state index is 4.29. The second-order valence-electron chi connectivity index (χ2n) is 4.27. The Balaban J connectivity index is 2.14. The molecule has 0 bridgehead atoms. The summed E-state index contributed by atoms with van der Waals surface area (Å²) in [6.07, 6.45) is 2.71. The Labute approximate surface area is 102 Å². The van der Waals surface area contributed by atoms with E-state index in [4.69, 9.17) is 0 Å². The molecule has 1 aromatic carbocycles. The highest BCUT2D eigenvalue weighted by Gasteiger charge is 1.93. The van der Waals surface area contributed by atoms with Crippen LogP contribution in [0.2, 0.25) is 0 Å². The van der Waals surface area contributed by atoms with E-state index in [-0.39, 0.29) is 0 Å². The first-order valence-corrected chi connectivity index (χ1v) is 5.74. The second-order valence-corrected chi connectivity index (χ2v) is 4.27. The predicted molar refractivity (Wildman–Crippen MR) is 71.8 cm³/mol. The molecule has 0 saturated carbocycles. The van der Waals surface area contributed by atoms with Gasteiger partial charge in [0.05, 0.1) is 5.52 Å². The second kappa shape index (κ2) is 5.47. The van der Waals surface area contributed by atoms with Crippen molar-refractivity contribution in [1.82, 2.24) is 9.88 Å². The fourth-order valence-electron chi connectivity index (χ4n) is 1.60. The van der Waals surface area contributed by atoms with Gasteiger partial charge in [0, 0.05) is 30.1 Å². The number of hydrogen-bond donors (Lipinski definition) is 0. The van der Waals surface area contributed by atoms with Crippen LogP contribution in [0.15, 0.2) is 36.5 Å². The van der Waals surface area contributed by atoms with Crippen LogP contribution in [-0.2, 0) is 0 Å². The third-order valence-corrected chi connectivity index (χ3v) is 2.52. The van der Waals surface area contributed by atoms with E-state index >= 15 is 0 Å². The number of hydrogen-bond acceptors (Lipinski definition) is 2. The van der Waals surface area contributed by atoms with Crippen molar-refractivity contribution in [2.75, 3.05) is 20.6 Å². The quantitative estimate of drug-likeness (QED) is 0.729. The van der Waals surface area contributed by atoms with E-state index in [2.05, 4.69) is 48.0 Å². The maximum Gasteiger partial charge on any atom is 0.0702 e. The lowest BCUT2D eigenvalue weighted by molar-refractivity contribution is 0.420. The van der Waals surface area contributed by atoms with Gasteiger partial charge in [-0.15, -0.1) is 0 Å². The number of pyridine rings is 1. The molecule has 1 heterocycles. The normalized spacial score (nSPS) is 10.3. The van der Waals surface area contributed by atoms with Crippen molar-refractivity contribution in [1.29, 1.82) is 0 Å². The first-order chi connectivity index (χ1) is 8.25. The van der Waals surface area contributed by atoms with Crippen LogP contribution in [0.25, 0.3) is 10.9 Å². The van der Waals surface area contributed by atoms with Crippen molar-refractivity contribution in [3.8, 4) is 11.8 Å². The molecule has 0 atom stereocenters. The zero-order valence-corrected chi connectivity index (χ0v) is 10.3. The van der Waals surface area contributed by atoms with Gasteiger partial charge in [-0.3, -0.25) is 4.98 Å². The van der Waals surface area contributed by atoms with Gasteiger partial charge in [0.1, 0.15) is 0 Å². The molecular weight excluding hydrogens is 208 g/mol. The molecule has 2 aromatic rings. The molecule has 0 aliphatic heterocycles. The zero-order valence-electron chi connectivity index (χ0n) is 10.3. The molecular formula is C15H16N2. The molecule has 0 fully saturated rings. The Morgan fingerprint density at radius 1 is 1.24 bits per heavy atom. The Hall–Kier alpha value is -1.85. The Morgan fingerprint density at radius 2 is 2.12 bits per heavy atom. The van der Waals surface area contributed by atoms with Crippen LogP contribution < -0.4 is 0 Å². The van der Waals surface area contributed by atoms with Crippen molar-refractivity contribution >= 4 is 10.9 Å². The van der Waals surface area contributed by atoms with E-state index < -0.39 is 0 Å². The van der Waals surface area contributed by atoms with Crippen LogP contribution in [0, 0.1) is 11.8 Å². The third kappa shape index (κ3) is 3.30. The topological polar surface area (TPSA) is 16.1 Å². The molecule has 2 heteroatoms. The standard InChI is InChI=1S/C15H16N2/c1-17(2)11-4-3-6-13-8-9-15-14(12-13)7-5-10-16-15/h5,7-10,12H,4,11H2,1-2H3. The van der Waals surface area contributed by atoms with Gasteiger partial charge in [0.25, 0.3) is 0 Å². The van der Waals surface area contributed by atoms with Gasteiger partial charge in [0.15, 0.2) is 0 Å². The van der Waals surface area contributed by atoms with E-state index in [0.717, 1.165) is 29.4 Å². The molecule has 0 amide bonds. The van der Waals surface area contributed by atoms with Crippen molar-refractivity contribution in [2.24, 2.45) is 0 Å². The smallest absolute Gasteiger partial charge is 0.0702 e. The molecule has 0 spiro atoms. The number of fused-ring (bicyclic) bond motifs is 1. The molecule has 2 nitrogen and oxygen atoms in total. The van der Waals surface area contributed by atoms with E-state index in [1.54, 1.807) is 0 Å². The summed E-state index contributed by atoms with van der Waals surface area (Å²) in [5, 5.41) is 1.15. The average molecular weight is 224 g/mol. The minimum atomic E-state index is 0.901. The van der Waals surface area contributed by atoms with Crippen LogP contribution in [0.3, 0.4) is 0 Å². The number of aromatic nitrogens is 1. The van der Waals surface area contributed by atoms with Crippen molar-refractivity contribution in [3.05, 3.63) is 42.1 Å². The molecule has 0 aliphatic carbocycles. The molecule has 0 aliphatic rings. The number of rotatable bonds is 2. The molecule has 0 unspecified atom stereocenters. The first-order valence-electron chi connectivity index (χ1n) is 5.74. The molecule has 2 rings (SSSR count). The zero-order chi connectivity index (χ0) is 12.1. The summed E-state index contributed by atoms with van der Waals surface area (Å²) in [5.74, 6) is 6.37. The summed E-state index contributed by atoms with van der Waals surface area (Å²) in [4.78, 5) is 6.43. The van der Waals surface area contributed by atoms with Crippen LogP contribution in [0.1, 0.15) is 12.0 Å². The van der Waals surface area contributed by atoms with Gasteiger partial charge in [-0.25, -0.2) is 0 Å². The highest BCUT2D eigenvalue weighted by atomic mass is 15.0. The van der Waals surface area contributed by atoms with Gasteiger partial charge in [-0.2, -0.15) is 0 Å². The SMILES string of the molecule is CN(C)CCC#Cc1ccc2ncccc2c1. The van der Waals surface area contributed by atoms with Gasteiger partial charge in [0.2, 0.25) is 0 Å². The van der Waals surface area contributed by atoms with Gasteiger partial charge >= 0.3 is 0 Å². The van der Waals surface area contributed by atoms with Gasteiger partial charge < -0.3 is 4.90 Å². The minimum Gasteiger partial charge on any atom is -0.308 e. The Morgan fingerprint density at radius 3 is 2.94 bits per heavy atom. The van der Waals surface area contributed by atoms with Crippen molar-refractivity contribution < 1.29 is 0 Å². The van der Waals surface area contributed by atoms with E-state index in [9.17, 15) is 0 Å². The van der Waals surface area contributed by atoms with E-state index in [1.165, 1.54) is 0 Å². The summed E-state index contributed by atoms with van der Waals surface area (Å²) < 4.78 is 0. The van der Waals surface area contributed by atoms with Crippen LogP contribution in [-0.4, -0.2) is 30.5 Å². The number of benzene rings is 1. The Kier molecular flexibility index (Phi) is 3.74. The van der Waals surface area contributed by atoms with Gasteiger partial charge in [-0.05, 0) is 38.4 Å². The lowest BCUT2D eigenvalue weighted by atomic mass is 10.1. The summed E-state index contributed by atoms with van der Waals surface area (Å²) in [7, 11) is 4.12. The van der Waals surface area contributed by atoms with Crippen LogP contribution in [0.4, 0.5) is 0 Å². The molecule has 0 saturated heterocycles. The monoisotopic (exact) mass is 224 g/mol. The number of nitrogens with zero attached hydrogens (tertiary/aromatic N) is 2. The largest absolute Gasteiger partial charge is 0.308 e. The minimum absolute atomic E-state index is 0.901. The highest BCUT2D eigenvalue weighted by Crippen LogP contribution is 2.12. The predicted octanol–water partition coefficient (Wildman–Crippen LogP) is 2.54. The molecule has 17 heavy (non-hydrogen) atoms. The Bertz CT molecular complexity index is 562. The lowest BCUT2D eigenvalue weighted by Crippen LogP contribution is -2.11. The highest BCUT2D eigenvalue weighted by molar-refractivity contribution is 5.79. The summed E-state index contributed by atoms with van der Waals surface area (Å²) in [6.45, 7) is 1.00. The molecule has 0 N–H and O–H groups in total. The fourth-order valence-corrected chi connectivity index (χ4v) is 1.60. The summed E-state index contributed by atoms with van der Waals surface area (Å²) in [6, 6.07) is 10.1. The molecule has 0 radical (unpaired) electrons. The summed E-state index contributed by atoms with van der Waals surface area (Å²) in [5.41, 5.74) is 2.08. The fraction of sp³-hybridized carbons (Fsp3) is 0.267. The van der Waals surface area contributed by atoms with Crippen molar-refractivity contribution in [2.45, 2.75) is 6.42 Å². The molecule has 86 valence electrons. The maximum atomic E-state index is 4.29. The summed E-state index contributed by atoms with van der Waals surface area (Å²) >= 11 is 0. The van der Waals surface area contributed by atoms with Crippen LogP contribution >= 0.6 is 0 Å². The van der Waals surface area contributed by atoms with Crippen LogP contribution in [0.5, 0.6) is 0 Å². The molecule has 1 aromatic heterocycles. The van der Waals surface area contributed by atoms with Crippen molar-refractivity contribution in [3.63, 3.8) is 0 Å². The average Bonchev–Trinajstić information content (AvgIpc) is 2.34.